The molecule has 0 aliphatic heterocycles. The maximum Gasteiger partial charge on any atom is 0.265 e. The zero-order valence-electron chi connectivity index (χ0n) is 10.7. The zero-order valence-corrected chi connectivity index (χ0v) is 11.5. The first-order valence-corrected chi connectivity index (χ1v) is 7.10. The van der Waals surface area contributed by atoms with E-state index in [1.165, 1.54) is 11.3 Å². The zero-order chi connectivity index (χ0) is 13.8. The van der Waals surface area contributed by atoms with Gasteiger partial charge >= 0.3 is 0 Å². The van der Waals surface area contributed by atoms with Gasteiger partial charge in [-0.05, 0) is 35.2 Å². The number of hydrogen-bond donors (Lipinski definition) is 1. The van der Waals surface area contributed by atoms with Crippen LogP contribution in [0.4, 0.5) is 5.69 Å². The fourth-order valence-corrected chi connectivity index (χ4v) is 2.55. The summed E-state index contributed by atoms with van der Waals surface area (Å²) in [6.07, 6.45) is 3.67. The van der Waals surface area contributed by atoms with Gasteiger partial charge in [0.25, 0.3) is 5.91 Å². The van der Waals surface area contributed by atoms with Gasteiger partial charge in [-0.2, -0.15) is 5.10 Å². The Labute approximate surface area is 120 Å². The molecule has 0 saturated heterocycles. The Balaban J connectivity index is 1.73. The molecule has 4 nitrogen and oxygen atoms in total. The molecule has 1 N–H and O–H groups in total. The van der Waals surface area contributed by atoms with E-state index in [2.05, 4.69) is 10.4 Å². The predicted molar refractivity (Wildman–Crippen MR) is 80.0 cm³/mol. The summed E-state index contributed by atoms with van der Waals surface area (Å²) in [7, 11) is 0. The van der Waals surface area contributed by atoms with Crippen LogP contribution in [0.25, 0.3) is 0 Å². The summed E-state index contributed by atoms with van der Waals surface area (Å²) in [6, 6.07) is 13.4. The standard InChI is InChI=1S/C15H13N3OS/c19-15(14-6-2-9-20-14)17-13-5-1-4-12(10-13)11-18-8-3-7-16-18/h1-10H,11H2,(H,17,19). The molecule has 3 rings (SSSR count). The number of anilines is 1. The number of hydrogen-bond acceptors (Lipinski definition) is 3. The average Bonchev–Trinajstić information content (AvgIpc) is 3.12. The summed E-state index contributed by atoms with van der Waals surface area (Å²) in [5.41, 5.74) is 1.89. The highest BCUT2D eigenvalue weighted by Gasteiger charge is 2.07. The van der Waals surface area contributed by atoms with Crippen molar-refractivity contribution in [2.45, 2.75) is 6.54 Å². The average molecular weight is 283 g/mol. The maximum absolute atomic E-state index is 12.0. The molecular weight excluding hydrogens is 270 g/mol. The summed E-state index contributed by atoms with van der Waals surface area (Å²) in [6.45, 7) is 0.690. The number of amides is 1. The normalized spacial score (nSPS) is 10.4. The second kappa shape index (κ2) is 5.71. The first kappa shape index (κ1) is 12.6. The van der Waals surface area contributed by atoms with Crippen molar-refractivity contribution in [3.63, 3.8) is 0 Å². The molecule has 0 unspecified atom stereocenters. The topological polar surface area (TPSA) is 46.9 Å². The van der Waals surface area contributed by atoms with Crippen LogP contribution in [0.1, 0.15) is 15.2 Å². The van der Waals surface area contributed by atoms with Crippen LogP contribution in [-0.2, 0) is 6.54 Å². The Kier molecular flexibility index (Phi) is 3.60. The van der Waals surface area contributed by atoms with Crippen molar-refractivity contribution in [3.05, 3.63) is 70.7 Å². The predicted octanol–water partition coefficient (Wildman–Crippen LogP) is 3.25. The molecule has 0 saturated carbocycles. The lowest BCUT2D eigenvalue weighted by Crippen LogP contribution is -2.10. The van der Waals surface area contributed by atoms with Gasteiger partial charge in [0, 0.05) is 18.1 Å². The minimum Gasteiger partial charge on any atom is -0.321 e. The largest absolute Gasteiger partial charge is 0.321 e. The molecular formula is C15H13N3OS. The number of nitrogens with zero attached hydrogens (tertiary/aromatic N) is 2. The third-order valence-corrected chi connectivity index (χ3v) is 3.70. The van der Waals surface area contributed by atoms with Gasteiger partial charge in [-0.15, -0.1) is 11.3 Å². The molecule has 0 atom stereocenters. The Morgan fingerprint density at radius 2 is 2.20 bits per heavy atom. The summed E-state index contributed by atoms with van der Waals surface area (Å²) in [5, 5.41) is 8.97. The quantitative estimate of drug-likeness (QED) is 0.799. The minimum atomic E-state index is -0.0729. The Morgan fingerprint density at radius 3 is 2.95 bits per heavy atom. The Bertz CT molecular complexity index is 690. The van der Waals surface area contributed by atoms with Gasteiger partial charge in [-0.25, -0.2) is 0 Å². The second-order valence-electron chi connectivity index (χ2n) is 4.34. The molecule has 0 spiro atoms. The monoisotopic (exact) mass is 283 g/mol. The highest BCUT2D eigenvalue weighted by Crippen LogP contribution is 2.15. The molecule has 0 bridgehead atoms. The van der Waals surface area contributed by atoms with Gasteiger partial charge in [0.15, 0.2) is 0 Å². The van der Waals surface area contributed by atoms with E-state index < -0.39 is 0 Å². The number of carbonyl (C=O) groups excluding carboxylic acids is 1. The summed E-state index contributed by atoms with van der Waals surface area (Å²) in [4.78, 5) is 12.7. The van der Waals surface area contributed by atoms with Crippen LogP contribution in [0.15, 0.2) is 60.2 Å². The van der Waals surface area contributed by atoms with Crippen molar-refractivity contribution in [2.75, 3.05) is 5.32 Å². The molecule has 20 heavy (non-hydrogen) atoms. The molecule has 2 heterocycles. The van der Waals surface area contributed by atoms with Crippen molar-refractivity contribution in [1.82, 2.24) is 9.78 Å². The molecule has 0 fully saturated rings. The van der Waals surface area contributed by atoms with Crippen molar-refractivity contribution >= 4 is 22.9 Å². The molecule has 0 radical (unpaired) electrons. The number of nitrogens with one attached hydrogen (secondary N) is 1. The van der Waals surface area contributed by atoms with Gasteiger partial charge in [-0.1, -0.05) is 18.2 Å². The van der Waals surface area contributed by atoms with Gasteiger partial charge in [0.05, 0.1) is 11.4 Å². The van der Waals surface area contributed by atoms with E-state index in [1.54, 1.807) is 6.20 Å². The van der Waals surface area contributed by atoms with E-state index in [4.69, 9.17) is 0 Å². The highest BCUT2D eigenvalue weighted by atomic mass is 32.1. The second-order valence-corrected chi connectivity index (χ2v) is 5.28. The van der Waals surface area contributed by atoms with Crippen LogP contribution in [0.5, 0.6) is 0 Å². The van der Waals surface area contributed by atoms with E-state index in [0.717, 1.165) is 11.3 Å². The van der Waals surface area contributed by atoms with Crippen molar-refractivity contribution in [3.8, 4) is 0 Å². The highest BCUT2D eigenvalue weighted by molar-refractivity contribution is 7.12. The number of aromatic nitrogens is 2. The molecule has 1 amide bonds. The lowest BCUT2D eigenvalue weighted by Gasteiger charge is -2.07. The fourth-order valence-electron chi connectivity index (χ4n) is 1.93. The summed E-state index contributed by atoms with van der Waals surface area (Å²) in [5.74, 6) is -0.0729. The van der Waals surface area contributed by atoms with Crippen molar-refractivity contribution in [2.24, 2.45) is 0 Å². The first-order chi connectivity index (χ1) is 9.81. The molecule has 3 aromatic rings. The molecule has 0 aliphatic carbocycles. The lowest BCUT2D eigenvalue weighted by atomic mass is 10.2. The van der Waals surface area contributed by atoms with Crippen molar-refractivity contribution < 1.29 is 4.79 Å². The fraction of sp³-hybridized carbons (Fsp3) is 0.0667. The molecule has 2 aromatic heterocycles. The molecule has 0 aliphatic rings. The molecule has 100 valence electrons. The van der Waals surface area contributed by atoms with E-state index in [9.17, 15) is 4.79 Å². The van der Waals surface area contributed by atoms with E-state index in [1.807, 2.05) is 58.7 Å². The maximum atomic E-state index is 12.0. The van der Waals surface area contributed by atoms with Gasteiger partial charge < -0.3 is 5.32 Å². The molecule has 1 aromatic carbocycles. The Hall–Kier alpha value is -2.40. The minimum absolute atomic E-state index is 0.0729. The van der Waals surface area contributed by atoms with Crippen LogP contribution >= 0.6 is 11.3 Å². The SMILES string of the molecule is O=C(Nc1cccc(Cn2cccn2)c1)c1cccs1. The summed E-state index contributed by atoms with van der Waals surface area (Å²) >= 11 is 1.43. The number of benzene rings is 1. The summed E-state index contributed by atoms with van der Waals surface area (Å²) < 4.78 is 1.85. The van der Waals surface area contributed by atoms with Crippen molar-refractivity contribution in [1.29, 1.82) is 0 Å². The van der Waals surface area contributed by atoms with Crippen LogP contribution in [0, 0.1) is 0 Å². The van der Waals surface area contributed by atoms with E-state index >= 15 is 0 Å². The van der Waals surface area contributed by atoms with Crippen LogP contribution < -0.4 is 5.32 Å². The van der Waals surface area contributed by atoms with Gasteiger partial charge in [-0.3, -0.25) is 9.48 Å². The lowest BCUT2D eigenvalue weighted by molar-refractivity contribution is 0.103. The van der Waals surface area contributed by atoms with Gasteiger partial charge in [0.1, 0.15) is 0 Å². The smallest absolute Gasteiger partial charge is 0.265 e. The third-order valence-electron chi connectivity index (χ3n) is 2.83. The third kappa shape index (κ3) is 2.95. The van der Waals surface area contributed by atoms with E-state index in [-0.39, 0.29) is 5.91 Å². The first-order valence-electron chi connectivity index (χ1n) is 6.22. The molecule has 5 heteroatoms. The number of rotatable bonds is 4. The van der Waals surface area contributed by atoms with Crippen LogP contribution in [0.3, 0.4) is 0 Å². The van der Waals surface area contributed by atoms with Crippen LogP contribution in [0.2, 0.25) is 0 Å². The van der Waals surface area contributed by atoms with Crippen LogP contribution in [-0.4, -0.2) is 15.7 Å². The Morgan fingerprint density at radius 1 is 1.25 bits per heavy atom. The van der Waals surface area contributed by atoms with E-state index in [0.29, 0.717) is 11.4 Å². The number of carbonyl (C=O) groups is 1. The van der Waals surface area contributed by atoms with Gasteiger partial charge in [0.2, 0.25) is 0 Å². The number of thiophene rings is 1.